The molecule has 0 spiro atoms. The molecule has 1 N–H and O–H groups in total. The summed E-state index contributed by atoms with van der Waals surface area (Å²) in [6, 6.07) is 0. The van der Waals surface area contributed by atoms with Gasteiger partial charge in [-0.25, -0.2) is 4.79 Å². The summed E-state index contributed by atoms with van der Waals surface area (Å²) in [5.74, 6) is -0.910. The van der Waals surface area contributed by atoms with Gasteiger partial charge in [0.2, 0.25) is 0 Å². The second-order valence-corrected chi connectivity index (χ2v) is 2.02. The lowest BCUT2D eigenvalue weighted by Gasteiger charge is -1.95. The van der Waals surface area contributed by atoms with Crippen LogP contribution in [0.4, 0.5) is 0 Å². The lowest BCUT2D eigenvalue weighted by atomic mass is 10.3. The first kappa shape index (κ1) is 9.91. The quantitative estimate of drug-likeness (QED) is 0.370. The van der Waals surface area contributed by atoms with E-state index in [-0.39, 0.29) is 0 Å². The van der Waals surface area contributed by atoms with Gasteiger partial charge in [-0.05, 0) is 13.0 Å². The zero-order valence-electron chi connectivity index (χ0n) is 6.54. The topological polar surface area (TPSA) is 46.5 Å². The van der Waals surface area contributed by atoms with E-state index in [0.717, 1.165) is 0 Å². The molecule has 0 heterocycles. The Morgan fingerprint density at radius 1 is 1.64 bits per heavy atom. The zero-order chi connectivity index (χ0) is 8.69. The number of carboxylic acids is 1. The van der Waals surface area contributed by atoms with Crippen LogP contribution in [0.1, 0.15) is 6.92 Å². The van der Waals surface area contributed by atoms with Gasteiger partial charge in [0.15, 0.2) is 0 Å². The summed E-state index contributed by atoms with van der Waals surface area (Å²) in [6.45, 7) is 5.75. The van der Waals surface area contributed by atoms with Gasteiger partial charge in [-0.3, -0.25) is 0 Å². The van der Waals surface area contributed by atoms with E-state index in [0.29, 0.717) is 18.8 Å². The van der Waals surface area contributed by atoms with Crippen LogP contribution in [-0.2, 0) is 9.53 Å². The van der Waals surface area contributed by atoms with Gasteiger partial charge >= 0.3 is 5.97 Å². The van der Waals surface area contributed by atoms with Gasteiger partial charge in [0, 0.05) is 5.57 Å². The maximum absolute atomic E-state index is 10.2. The fourth-order valence-corrected chi connectivity index (χ4v) is 0.423. The van der Waals surface area contributed by atoms with Crippen molar-refractivity contribution >= 4 is 5.97 Å². The van der Waals surface area contributed by atoms with Crippen molar-refractivity contribution in [3.63, 3.8) is 0 Å². The summed E-state index contributed by atoms with van der Waals surface area (Å²) in [7, 11) is 0. The molecule has 0 aromatic carbocycles. The number of ether oxygens (including phenoxy) is 1. The fraction of sp³-hybridized carbons (Fsp3) is 0.375. The summed E-state index contributed by atoms with van der Waals surface area (Å²) in [5.41, 5.74) is 0.300. The van der Waals surface area contributed by atoms with E-state index in [1.54, 1.807) is 6.08 Å². The van der Waals surface area contributed by atoms with Crippen molar-refractivity contribution < 1.29 is 14.6 Å². The van der Waals surface area contributed by atoms with Crippen molar-refractivity contribution in [3.05, 3.63) is 24.3 Å². The first-order valence-electron chi connectivity index (χ1n) is 3.27. The van der Waals surface area contributed by atoms with Crippen LogP contribution in [0, 0.1) is 0 Å². The van der Waals surface area contributed by atoms with Crippen molar-refractivity contribution in [2.45, 2.75) is 6.92 Å². The molecule has 0 aliphatic rings. The van der Waals surface area contributed by atoms with Crippen LogP contribution in [0.25, 0.3) is 0 Å². The van der Waals surface area contributed by atoms with Crippen LogP contribution in [0.3, 0.4) is 0 Å². The third-order valence-electron chi connectivity index (χ3n) is 1.08. The molecule has 0 saturated heterocycles. The standard InChI is InChI=1S/C8H12O3/c1-3-5-11-6-4-7(2)8(9)10/h3-4H,1,5-6H2,2H3,(H,9,10)/b7-4+. The Labute approximate surface area is 66.0 Å². The molecule has 11 heavy (non-hydrogen) atoms. The summed E-state index contributed by atoms with van der Waals surface area (Å²) in [4.78, 5) is 10.2. The minimum absolute atomic E-state index is 0.300. The highest BCUT2D eigenvalue weighted by Gasteiger charge is 1.96. The molecule has 0 aromatic rings. The van der Waals surface area contributed by atoms with Crippen molar-refractivity contribution in [1.29, 1.82) is 0 Å². The normalized spacial score (nSPS) is 11.2. The van der Waals surface area contributed by atoms with Gasteiger partial charge in [0.05, 0.1) is 13.2 Å². The molecule has 0 fully saturated rings. The Morgan fingerprint density at radius 2 is 2.27 bits per heavy atom. The van der Waals surface area contributed by atoms with Gasteiger partial charge in [0.1, 0.15) is 0 Å². The van der Waals surface area contributed by atoms with E-state index in [1.807, 2.05) is 0 Å². The average molecular weight is 156 g/mol. The van der Waals surface area contributed by atoms with Crippen molar-refractivity contribution in [2.75, 3.05) is 13.2 Å². The third-order valence-corrected chi connectivity index (χ3v) is 1.08. The number of hydrogen-bond acceptors (Lipinski definition) is 2. The van der Waals surface area contributed by atoms with E-state index in [2.05, 4.69) is 6.58 Å². The first-order chi connectivity index (χ1) is 5.18. The number of carbonyl (C=O) groups is 1. The Bertz CT molecular complexity index is 170. The molecular formula is C8H12O3. The Balaban J connectivity index is 3.56. The highest BCUT2D eigenvalue weighted by atomic mass is 16.5. The maximum Gasteiger partial charge on any atom is 0.331 e. The van der Waals surface area contributed by atoms with E-state index in [9.17, 15) is 4.79 Å². The largest absolute Gasteiger partial charge is 0.478 e. The second-order valence-electron chi connectivity index (χ2n) is 2.02. The summed E-state index contributed by atoms with van der Waals surface area (Å²) >= 11 is 0. The molecule has 3 heteroatoms. The van der Waals surface area contributed by atoms with Gasteiger partial charge in [-0.15, -0.1) is 6.58 Å². The number of carboxylic acid groups (broad SMARTS) is 1. The zero-order valence-corrected chi connectivity index (χ0v) is 6.54. The first-order valence-corrected chi connectivity index (χ1v) is 3.27. The fourth-order valence-electron chi connectivity index (χ4n) is 0.423. The number of hydrogen-bond donors (Lipinski definition) is 1. The molecule has 0 aliphatic carbocycles. The Morgan fingerprint density at radius 3 is 2.73 bits per heavy atom. The van der Waals surface area contributed by atoms with E-state index in [1.165, 1.54) is 13.0 Å². The van der Waals surface area contributed by atoms with E-state index in [4.69, 9.17) is 9.84 Å². The highest BCUT2D eigenvalue weighted by Crippen LogP contribution is 1.91. The van der Waals surface area contributed by atoms with Crippen LogP contribution in [0.15, 0.2) is 24.3 Å². The minimum Gasteiger partial charge on any atom is -0.478 e. The van der Waals surface area contributed by atoms with Crippen LogP contribution in [0.5, 0.6) is 0 Å². The Kier molecular flexibility index (Phi) is 5.11. The average Bonchev–Trinajstić information content (AvgIpc) is 1.97. The van der Waals surface area contributed by atoms with Crippen LogP contribution in [0.2, 0.25) is 0 Å². The summed E-state index contributed by atoms with van der Waals surface area (Å²) in [6.07, 6.45) is 3.13. The van der Waals surface area contributed by atoms with Gasteiger partial charge < -0.3 is 9.84 Å². The van der Waals surface area contributed by atoms with Crippen LogP contribution in [-0.4, -0.2) is 24.3 Å². The highest BCUT2D eigenvalue weighted by molar-refractivity contribution is 5.85. The Hall–Kier alpha value is -1.09. The lowest BCUT2D eigenvalue weighted by Crippen LogP contribution is -1.99. The van der Waals surface area contributed by atoms with Gasteiger partial charge in [0.25, 0.3) is 0 Å². The molecule has 0 unspecified atom stereocenters. The predicted molar refractivity (Wildman–Crippen MR) is 42.4 cm³/mol. The van der Waals surface area contributed by atoms with Crippen molar-refractivity contribution in [3.8, 4) is 0 Å². The molecule has 0 rings (SSSR count). The monoisotopic (exact) mass is 156 g/mol. The van der Waals surface area contributed by atoms with Crippen molar-refractivity contribution in [1.82, 2.24) is 0 Å². The predicted octanol–water partition coefficient (Wildman–Crippen LogP) is 1.22. The summed E-state index contributed by atoms with van der Waals surface area (Å²) in [5, 5.41) is 8.39. The minimum atomic E-state index is -0.910. The second kappa shape index (κ2) is 5.68. The van der Waals surface area contributed by atoms with Crippen LogP contribution >= 0.6 is 0 Å². The molecule has 0 aromatic heterocycles. The SMILES string of the molecule is C=CCOC/C=C(\C)C(=O)O. The molecule has 0 atom stereocenters. The van der Waals surface area contributed by atoms with Gasteiger partial charge in [-0.2, -0.15) is 0 Å². The molecule has 0 radical (unpaired) electrons. The molecule has 0 amide bonds. The van der Waals surface area contributed by atoms with Crippen LogP contribution < -0.4 is 0 Å². The van der Waals surface area contributed by atoms with E-state index < -0.39 is 5.97 Å². The molecule has 0 aliphatic heterocycles. The maximum atomic E-state index is 10.2. The molecule has 3 nitrogen and oxygen atoms in total. The molecule has 0 saturated carbocycles. The smallest absolute Gasteiger partial charge is 0.331 e. The lowest BCUT2D eigenvalue weighted by molar-refractivity contribution is -0.132. The third kappa shape index (κ3) is 5.36. The number of aliphatic carboxylic acids is 1. The number of rotatable bonds is 5. The molecule has 62 valence electrons. The molecule has 0 bridgehead atoms. The summed E-state index contributed by atoms with van der Waals surface area (Å²) < 4.78 is 4.95. The van der Waals surface area contributed by atoms with E-state index >= 15 is 0 Å². The molecular weight excluding hydrogens is 144 g/mol. The van der Waals surface area contributed by atoms with Crippen molar-refractivity contribution in [2.24, 2.45) is 0 Å². The van der Waals surface area contributed by atoms with Gasteiger partial charge in [-0.1, -0.05) is 6.08 Å².